The Morgan fingerprint density at radius 2 is 2.00 bits per heavy atom. The first kappa shape index (κ1) is 14.3. The van der Waals surface area contributed by atoms with Gasteiger partial charge >= 0.3 is 0 Å². The van der Waals surface area contributed by atoms with Gasteiger partial charge in [0, 0.05) is 19.2 Å². The zero-order chi connectivity index (χ0) is 15.7. The number of aromatic nitrogens is 3. The summed E-state index contributed by atoms with van der Waals surface area (Å²) in [5, 5.41) is 8.08. The van der Waals surface area contributed by atoms with Crippen LogP contribution in [0.1, 0.15) is 23.0 Å². The van der Waals surface area contributed by atoms with E-state index >= 15 is 0 Å². The molecule has 0 radical (unpaired) electrons. The average Bonchev–Trinajstić information content (AvgIpc) is 2.82. The fourth-order valence-corrected chi connectivity index (χ4v) is 2.64. The summed E-state index contributed by atoms with van der Waals surface area (Å²) in [6.07, 6.45) is 0. The lowest BCUT2D eigenvalue weighted by Crippen LogP contribution is -2.23. The summed E-state index contributed by atoms with van der Waals surface area (Å²) >= 11 is 0. The molecule has 1 amide bonds. The third-order valence-corrected chi connectivity index (χ3v) is 3.62. The third-order valence-electron chi connectivity index (χ3n) is 3.62. The van der Waals surface area contributed by atoms with E-state index in [1.165, 1.54) is 0 Å². The fourth-order valence-electron chi connectivity index (χ4n) is 2.64. The number of rotatable bonds is 3. The summed E-state index contributed by atoms with van der Waals surface area (Å²) in [6.45, 7) is 4.39. The van der Waals surface area contributed by atoms with Gasteiger partial charge in [-0.15, -0.1) is 0 Å². The average molecular weight is 294 g/mol. The molecular weight excluding hydrogens is 276 g/mol. The van der Waals surface area contributed by atoms with Crippen molar-refractivity contribution in [3.05, 3.63) is 47.7 Å². The predicted octanol–water partition coefficient (Wildman–Crippen LogP) is 2.69. The van der Waals surface area contributed by atoms with Crippen molar-refractivity contribution >= 4 is 16.9 Å². The van der Waals surface area contributed by atoms with Crippen LogP contribution >= 0.6 is 0 Å². The minimum Gasteiger partial charge on any atom is -0.352 e. The maximum absolute atomic E-state index is 12.4. The molecule has 5 nitrogen and oxygen atoms in total. The second-order valence-electron chi connectivity index (χ2n) is 5.19. The lowest BCUT2D eigenvalue weighted by atomic mass is 10.0. The van der Waals surface area contributed by atoms with E-state index in [0.717, 1.165) is 28.0 Å². The number of hydrogen-bond acceptors (Lipinski definition) is 3. The molecule has 0 atom stereocenters. The number of aryl methyl sites for hydroxylation is 2. The molecule has 2 heterocycles. The van der Waals surface area contributed by atoms with Crippen molar-refractivity contribution in [3.63, 3.8) is 0 Å². The van der Waals surface area contributed by atoms with E-state index in [-0.39, 0.29) is 5.91 Å². The molecule has 5 heteroatoms. The maximum atomic E-state index is 12.4. The third kappa shape index (κ3) is 2.35. The van der Waals surface area contributed by atoms with Crippen molar-refractivity contribution in [1.29, 1.82) is 0 Å². The van der Waals surface area contributed by atoms with Crippen molar-refractivity contribution in [2.24, 2.45) is 7.05 Å². The van der Waals surface area contributed by atoms with Gasteiger partial charge in [-0.25, -0.2) is 4.98 Å². The van der Waals surface area contributed by atoms with Crippen LogP contribution in [0.25, 0.3) is 22.3 Å². The number of benzene rings is 1. The van der Waals surface area contributed by atoms with Crippen LogP contribution in [0.3, 0.4) is 0 Å². The normalized spacial score (nSPS) is 10.9. The highest BCUT2D eigenvalue weighted by molar-refractivity contribution is 6.07. The van der Waals surface area contributed by atoms with Gasteiger partial charge in [0.25, 0.3) is 5.91 Å². The smallest absolute Gasteiger partial charge is 0.252 e. The number of pyridine rings is 1. The molecule has 0 aliphatic carbocycles. The summed E-state index contributed by atoms with van der Waals surface area (Å²) in [6, 6.07) is 11.7. The van der Waals surface area contributed by atoms with Gasteiger partial charge in [0.2, 0.25) is 0 Å². The van der Waals surface area contributed by atoms with Gasteiger partial charge in [-0.2, -0.15) is 5.10 Å². The Morgan fingerprint density at radius 3 is 2.68 bits per heavy atom. The van der Waals surface area contributed by atoms with Crippen LogP contribution in [0.4, 0.5) is 0 Å². The maximum Gasteiger partial charge on any atom is 0.252 e. The topological polar surface area (TPSA) is 59.8 Å². The zero-order valence-corrected chi connectivity index (χ0v) is 12.9. The highest BCUT2D eigenvalue weighted by Crippen LogP contribution is 2.26. The molecule has 0 spiro atoms. The van der Waals surface area contributed by atoms with E-state index in [1.807, 2.05) is 57.3 Å². The molecular formula is C17H18N4O. The van der Waals surface area contributed by atoms with Crippen LogP contribution in [-0.4, -0.2) is 27.2 Å². The van der Waals surface area contributed by atoms with Crippen molar-refractivity contribution in [2.45, 2.75) is 13.8 Å². The fraction of sp³-hybridized carbons (Fsp3) is 0.235. The first-order chi connectivity index (χ1) is 10.6. The first-order valence-corrected chi connectivity index (χ1v) is 7.29. The second-order valence-corrected chi connectivity index (χ2v) is 5.19. The first-order valence-electron chi connectivity index (χ1n) is 7.29. The largest absolute Gasteiger partial charge is 0.352 e. The number of carbonyl (C=O) groups is 1. The number of nitrogens with one attached hydrogen (secondary N) is 1. The molecule has 3 rings (SSSR count). The van der Waals surface area contributed by atoms with E-state index in [9.17, 15) is 4.79 Å². The number of carbonyl (C=O) groups excluding carboxylic acids is 1. The molecule has 0 aliphatic heterocycles. The Morgan fingerprint density at radius 1 is 1.27 bits per heavy atom. The number of amides is 1. The van der Waals surface area contributed by atoms with E-state index in [2.05, 4.69) is 15.4 Å². The van der Waals surface area contributed by atoms with Crippen molar-refractivity contribution in [1.82, 2.24) is 20.1 Å². The lowest BCUT2D eigenvalue weighted by Gasteiger charge is -2.08. The summed E-state index contributed by atoms with van der Waals surface area (Å²) in [7, 11) is 1.85. The Bertz CT molecular complexity index is 837. The van der Waals surface area contributed by atoms with Gasteiger partial charge in [0.15, 0.2) is 5.65 Å². The standard InChI is InChI=1S/C17H18N4O/c1-4-18-17(22)13-10-14(12-8-6-5-7-9-12)19-16-15(13)11(2)20-21(16)3/h5-10H,4H2,1-3H3,(H,18,22). The molecule has 0 saturated heterocycles. The quantitative estimate of drug-likeness (QED) is 0.808. The lowest BCUT2D eigenvalue weighted by molar-refractivity contribution is 0.0957. The SMILES string of the molecule is CCNC(=O)c1cc(-c2ccccc2)nc2c1c(C)nn2C. The van der Waals surface area contributed by atoms with Crippen molar-refractivity contribution < 1.29 is 4.79 Å². The second kappa shape index (κ2) is 5.60. The summed E-state index contributed by atoms with van der Waals surface area (Å²) in [4.78, 5) is 17.1. The summed E-state index contributed by atoms with van der Waals surface area (Å²) < 4.78 is 1.72. The predicted molar refractivity (Wildman–Crippen MR) is 86.7 cm³/mol. The molecule has 1 aromatic carbocycles. The van der Waals surface area contributed by atoms with E-state index in [4.69, 9.17) is 0 Å². The molecule has 0 saturated carbocycles. The van der Waals surface area contributed by atoms with Crippen LogP contribution < -0.4 is 5.32 Å². The molecule has 0 unspecified atom stereocenters. The number of nitrogens with zero attached hydrogens (tertiary/aromatic N) is 3. The van der Waals surface area contributed by atoms with Crippen molar-refractivity contribution in [3.8, 4) is 11.3 Å². The summed E-state index contributed by atoms with van der Waals surface area (Å²) in [5.74, 6) is -0.0943. The molecule has 112 valence electrons. The van der Waals surface area contributed by atoms with Gasteiger partial charge in [0.1, 0.15) is 0 Å². The van der Waals surface area contributed by atoms with E-state index < -0.39 is 0 Å². The monoisotopic (exact) mass is 294 g/mol. The van der Waals surface area contributed by atoms with Gasteiger partial charge in [-0.3, -0.25) is 9.48 Å². The Balaban J connectivity index is 2.29. The van der Waals surface area contributed by atoms with Gasteiger partial charge in [-0.05, 0) is 19.9 Å². The Labute approximate surface area is 129 Å². The van der Waals surface area contributed by atoms with Crippen LogP contribution in [0.2, 0.25) is 0 Å². The minimum atomic E-state index is -0.0943. The van der Waals surface area contributed by atoms with Crippen LogP contribution in [0, 0.1) is 6.92 Å². The highest BCUT2D eigenvalue weighted by atomic mass is 16.1. The van der Waals surface area contributed by atoms with Crippen molar-refractivity contribution in [2.75, 3.05) is 6.54 Å². The molecule has 0 bridgehead atoms. The van der Waals surface area contributed by atoms with E-state index in [0.29, 0.717) is 12.1 Å². The molecule has 0 aliphatic rings. The Kier molecular flexibility index (Phi) is 3.63. The van der Waals surface area contributed by atoms with E-state index in [1.54, 1.807) is 4.68 Å². The summed E-state index contributed by atoms with van der Waals surface area (Å²) in [5.41, 5.74) is 3.91. The molecule has 2 aromatic heterocycles. The van der Waals surface area contributed by atoms with Gasteiger partial charge < -0.3 is 5.32 Å². The molecule has 22 heavy (non-hydrogen) atoms. The number of fused-ring (bicyclic) bond motifs is 1. The number of hydrogen-bond donors (Lipinski definition) is 1. The molecule has 3 aromatic rings. The van der Waals surface area contributed by atoms with Crippen LogP contribution in [0.5, 0.6) is 0 Å². The zero-order valence-electron chi connectivity index (χ0n) is 12.9. The minimum absolute atomic E-state index is 0.0943. The van der Waals surface area contributed by atoms with Crippen LogP contribution in [0.15, 0.2) is 36.4 Å². The molecule has 1 N–H and O–H groups in total. The van der Waals surface area contributed by atoms with Gasteiger partial charge in [0.05, 0.1) is 22.3 Å². The van der Waals surface area contributed by atoms with Crippen LogP contribution in [-0.2, 0) is 7.05 Å². The van der Waals surface area contributed by atoms with Gasteiger partial charge in [-0.1, -0.05) is 30.3 Å². The highest BCUT2D eigenvalue weighted by Gasteiger charge is 2.18. The molecule has 0 fully saturated rings. The Hall–Kier alpha value is -2.69.